The van der Waals surface area contributed by atoms with Gasteiger partial charge in [-0.05, 0) is 25.8 Å². The van der Waals surface area contributed by atoms with Crippen LogP contribution in [0.5, 0.6) is 0 Å². The molecule has 0 saturated carbocycles. The van der Waals surface area contributed by atoms with Gasteiger partial charge in [0.05, 0.1) is 0 Å². The molecule has 0 bridgehead atoms. The monoisotopic (exact) mass is 286 g/mol. The van der Waals surface area contributed by atoms with E-state index in [0.29, 0.717) is 6.42 Å². The predicted octanol–water partition coefficient (Wildman–Crippen LogP) is 2.43. The molecule has 0 radical (unpaired) electrons. The average molecular weight is 286 g/mol. The summed E-state index contributed by atoms with van der Waals surface area (Å²) < 4.78 is 0. The number of hydrogen-bond donors (Lipinski definition) is 1. The first-order chi connectivity index (χ1) is 9.94. The summed E-state index contributed by atoms with van der Waals surface area (Å²) in [5.41, 5.74) is -0.0326. The van der Waals surface area contributed by atoms with Crippen LogP contribution < -0.4 is 5.32 Å². The zero-order chi connectivity index (χ0) is 15.6. The Kier molecular flexibility index (Phi) is 4.16. The van der Waals surface area contributed by atoms with Crippen molar-refractivity contribution in [1.29, 1.82) is 0 Å². The number of amides is 2. The number of rotatable bonds is 4. The Labute approximate surface area is 125 Å². The van der Waals surface area contributed by atoms with Crippen LogP contribution in [0.2, 0.25) is 0 Å². The molecule has 4 heteroatoms. The Balaban J connectivity index is 2.50. The third-order valence-corrected chi connectivity index (χ3v) is 4.23. The van der Waals surface area contributed by atoms with Crippen molar-refractivity contribution in [2.24, 2.45) is 0 Å². The fourth-order valence-corrected chi connectivity index (χ4v) is 2.64. The molecule has 1 fully saturated rings. The Bertz CT molecular complexity index is 555. The smallest absolute Gasteiger partial charge is 0.249 e. The van der Waals surface area contributed by atoms with Gasteiger partial charge in [0.15, 0.2) is 0 Å². The van der Waals surface area contributed by atoms with Gasteiger partial charge in [-0.25, -0.2) is 0 Å². The topological polar surface area (TPSA) is 49.4 Å². The quantitative estimate of drug-likeness (QED) is 0.864. The van der Waals surface area contributed by atoms with Gasteiger partial charge in [0.1, 0.15) is 11.6 Å². The highest BCUT2D eigenvalue weighted by Gasteiger charge is 2.48. The standard InChI is InChI=1S/C17H22N2O2/c1-5-12(3)19-14(13-10-8-7-9-11-13)15(20)18-17(4,6-2)16(19)21/h5,7-12,14H,1,6H2,2-4H3,(H,18,20). The van der Waals surface area contributed by atoms with Gasteiger partial charge in [0, 0.05) is 6.04 Å². The fourth-order valence-electron chi connectivity index (χ4n) is 2.64. The summed E-state index contributed by atoms with van der Waals surface area (Å²) in [5.74, 6) is -0.204. The van der Waals surface area contributed by atoms with Crippen LogP contribution in [-0.4, -0.2) is 28.3 Å². The van der Waals surface area contributed by atoms with E-state index in [-0.39, 0.29) is 17.9 Å². The Morgan fingerprint density at radius 2 is 2.00 bits per heavy atom. The van der Waals surface area contributed by atoms with Crippen LogP contribution in [0.15, 0.2) is 43.0 Å². The van der Waals surface area contributed by atoms with E-state index in [2.05, 4.69) is 11.9 Å². The zero-order valence-corrected chi connectivity index (χ0v) is 12.8. The summed E-state index contributed by atoms with van der Waals surface area (Å²) in [6.45, 7) is 9.33. The van der Waals surface area contributed by atoms with E-state index in [1.807, 2.05) is 44.2 Å². The molecular formula is C17H22N2O2. The van der Waals surface area contributed by atoms with Crippen LogP contribution >= 0.6 is 0 Å². The van der Waals surface area contributed by atoms with E-state index in [4.69, 9.17) is 0 Å². The van der Waals surface area contributed by atoms with Crippen LogP contribution in [-0.2, 0) is 9.59 Å². The molecule has 3 unspecified atom stereocenters. The maximum Gasteiger partial charge on any atom is 0.249 e. The molecule has 112 valence electrons. The van der Waals surface area contributed by atoms with Crippen molar-refractivity contribution in [3.63, 3.8) is 0 Å². The van der Waals surface area contributed by atoms with E-state index < -0.39 is 11.6 Å². The largest absolute Gasteiger partial charge is 0.340 e. The maximum atomic E-state index is 12.9. The number of carbonyl (C=O) groups is 2. The molecule has 1 aromatic rings. The number of hydrogen-bond acceptors (Lipinski definition) is 2. The summed E-state index contributed by atoms with van der Waals surface area (Å²) in [4.78, 5) is 27.1. The molecule has 2 rings (SSSR count). The first kappa shape index (κ1) is 15.3. The highest BCUT2D eigenvalue weighted by atomic mass is 16.2. The van der Waals surface area contributed by atoms with Gasteiger partial charge in [-0.3, -0.25) is 9.59 Å². The number of carbonyl (C=O) groups excluding carboxylic acids is 2. The van der Waals surface area contributed by atoms with Crippen molar-refractivity contribution in [3.05, 3.63) is 48.6 Å². The molecule has 0 aliphatic carbocycles. The van der Waals surface area contributed by atoms with E-state index in [1.54, 1.807) is 17.9 Å². The van der Waals surface area contributed by atoms with E-state index in [9.17, 15) is 9.59 Å². The molecule has 1 aliphatic rings. The van der Waals surface area contributed by atoms with Crippen molar-refractivity contribution < 1.29 is 9.59 Å². The minimum absolute atomic E-state index is 0.0640. The van der Waals surface area contributed by atoms with E-state index in [1.165, 1.54) is 0 Å². The number of nitrogens with one attached hydrogen (secondary N) is 1. The van der Waals surface area contributed by atoms with E-state index >= 15 is 0 Å². The molecule has 1 saturated heterocycles. The Morgan fingerprint density at radius 3 is 2.52 bits per heavy atom. The molecular weight excluding hydrogens is 264 g/mol. The Morgan fingerprint density at radius 1 is 1.38 bits per heavy atom. The first-order valence-electron chi connectivity index (χ1n) is 7.27. The minimum Gasteiger partial charge on any atom is -0.340 e. The molecule has 0 spiro atoms. The average Bonchev–Trinajstić information content (AvgIpc) is 2.50. The lowest BCUT2D eigenvalue weighted by molar-refractivity contribution is -0.156. The molecule has 2 amide bonds. The molecule has 1 aliphatic heterocycles. The second kappa shape index (κ2) is 5.72. The van der Waals surface area contributed by atoms with Gasteiger partial charge in [0.2, 0.25) is 11.8 Å². The summed E-state index contributed by atoms with van der Waals surface area (Å²) in [5, 5.41) is 2.89. The minimum atomic E-state index is -0.848. The molecule has 1 aromatic carbocycles. The number of nitrogens with zero attached hydrogens (tertiary/aromatic N) is 1. The SMILES string of the molecule is C=CC(C)N1C(=O)C(C)(CC)NC(=O)C1c1ccccc1. The first-order valence-corrected chi connectivity index (χ1v) is 7.27. The molecule has 0 aromatic heterocycles. The summed E-state index contributed by atoms with van der Waals surface area (Å²) >= 11 is 0. The third-order valence-electron chi connectivity index (χ3n) is 4.23. The van der Waals surface area contributed by atoms with Gasteiger partial charge < -0.3 is 10.2 Å². The number of benzene rings is 1. The second-order valence-corrected chi connectivity index (χ2v) is 5.68. The lowest BCUT2D eigenvalue weighted by atomic mass is 9.88. The van der Waals surface area contributed by atoms with Crippen molar-refractivity contribution in [2.75, 3.05) is 0 Å². The van der Waals surface area contributed by atoms with Crippen molar-refractivity contribution in [1.82, 2.24) is 10.2 Å². The highest BCUT2D eigenvalue weighted by molar-refractivity contribution is 6.00. The van der Waals surface area contributed by atoms with Crippen molar-refractivity contribution in [2.45, 2.75) is 44.8 Å². The molecule has 3 atom stereocenters. The van der Waals surface area contributed by atoms with Crippen LogP contribution in [0.3, 0.4) is 0 Å². The van der Waals surface area contributed by atoms with E-state index in [0.717, 1.165) is 5.56 Å². The third kappa shape index (κ3) is 2.58. The highest BCUT2D eigenvalue weighted by Crippen LogP contribution is 2.32. The van der Waals surface area contributed by atoms with Crippen LogP contribution in [0.25, 0.3) is 0 Å². The molecule has 1 N–H and O–H groups in total. The molecule has 1 heterocycles. The van der Waals surface area contributed by atoms with Crippen LogP contribution in [0.4, 0.5) is 0 Å². The van der Waals surface area contributed by atoms with Gasteiger partial charge in [0.25, 0.3) is 0 Å². The van der Waals surface area contributed by atoms with Crippen LogP contribution in [0, 0.1) is 0 Å². The molecule has 21 heavy (non-hydrogen) atoms. The van der Waals surface area contributed by atoms with Gasteiger partial charge in [-0.1, -0.05) is 43.3 Å². The van der Waals surface area contributed by atoms with Gasteiger partial charge >= 0.3 is 0 Å². The van der Waals surface area contributed by atoms with Gasteiger partial charge in [-0.15, -0.1) is 6.58 Å². The second-order valence-electron chi connectivity index (χ2n) is 5.68. The molecule has 4 nitrogen and oxygen atoms in total. The predicted molar refractivity (Wildman–Crippen MR) is 82.5 cm³/mol. The van der Waals surface area contributed by atoms with Gasteiger partial charge in [-0.2, -0.15) is 0 Å². The number of piperazine rings is 1. The Hall–Kier alpha value is -2.10. The zero-order valence-electron chi connectivity index (χ0n) is 12.8. The normalized spacial score (nSPS) is 27.2. The maximum absolute atomic E-state index is 12.9. The van der Waals surface area contributed by atoms with Crippen LogP contribution in [0.1, 0.15) is 38.8 Å². The van der Waals surface area contributed by atoms with Crippen molar-refractivity contribution >= 4 is 11.8 Å². The van der Waals surface area contributed by atoms with Crippen molar-refractivity contribution in [3.8, 4) is 0 Å². The fraction of sp³-hybridized carbons (Fsp3) is 0.412. The lowest BCUT2D eigenvalue weighted by Gasteiger charge is -2.46. The summed E-state index contributed by atoms with van der Waals surface area (Å²) in [7, 11) is 0. The summed E-state index contributed by atoms with van der Waals surface area (Å²) in [6.07, 6.45) is 2.25. The summed E-state index contributed by atoms with van der Waals surface area (Å²) in [6, 6.07) is 8.56. The lowest BCUT2D eigenvalue weighted by Crippen LogP contribution is -2.67.